The molecule has 0 bridgehead atoms. The second-order valence-corrected chi connectivity index (χ2v) is 3.67. The van der Waals surface area contributed by atoms with Gasteiger partial charge in [-0.15, -0.1) is 0 Å². The molecule has 7 nitrogen and oxygen atoms in total. The van der Waals surface area contributed by atoms with Gasteiger partial charge in [-0.1, -0.05) is 0 Å². The molecule has 0 spiro atoms. The van der Waals surface area contributed by atoms with Gasteiger partial charge < -0.3 is 26.1 Å². The summed E-state index contributed by atoms with van der Waals surface area (Å²) < 4.78 is 5.24. The van der Waals surface area contributed by atoms with E-state index in [2.05, 4.69) is 0 Å². The minimum atomic E-state index is -1.12. The van der Waals surface area contributed by atoms with Gasteiger partial charge >= 0.3 is 11.9 Å². The van der Waals surface area contributed by atoms with Crippen molar-refractivity contribution >= 4 is 11.9 Å². The van der Waals surface area contributed by atoms with E-state index in [0.717, 1.165) is 0 Å². The van der Waals surface area contributed by atoms with E-state index in [9.17, 15) is 9.59 Å². The Kier molecular flexibility index (Phi) is 4.24. The topological polar surface area (TPSA) is 140 Å². The molecule has 0 aliphatic rings. The van der Waals surface area contributed by atoms with E-state index in [1.165, 1.54) is 0 Å². The summed E-state index contributed by atoms with van der Waals surface area (Å²) in [5.74, 6) is -1.45. The summed E-state index contributed by atoms with van der Waals surface area (Å²) in [6.45, 7) is 0. The molecule has 0 amide bonds. The maximum atomic E-state index is 10.5. The van der Waals surface area contributed by atoms with E-state index in [4.69, 9.17) is 26.1 Å². The summed E-state index contributed by atoms with van der Waals surface area (Å²) in [6, 6.07) is 1.05. The molecule has 1 rings (SSSR count). The van der Waals surface area contributed by atoms with Crippen LogP contribution in [0.5, 0.6) is 0 Å². The molecule has 94 valence electrons. The molecule has 1 heterocycles. The molecule has 2 unspecified atom stereocenters. The van der Waals surface area contributed by atoms with Crippen molar-refractivity contribution in [1.82, 2.24) is 0 Å². The van der Waals surface area contributed by atoms with E-state index in [0.29, 0.717) is 11.5 Å². The number of hydrogen-bond donors (Lipinski definition) is 4. The zero-order valence-corrected chi connectivity index (χ0v) is 9.00. The van der Waals surface area contributed by atoms with Crippen molar-refractivity contribution in [3.8, 4) is 0 Å². The summed E-state index contributed by atoms with van der Waals surface area (Å²) in [4.78, 5) is 21.0. The molecule has 1 aromatic heterocycles. The largest absolute Gasteiger partial charge is 0.480 e. The van der Waals surface area contributed by atoms with Gasteiger partial charge in [-0.05, 0) is 12.1 Å². The fourth-order valence-corrected chi connectivity index (χ4v) is 1.25. The lowest BCUT2D eigenvalue weighted by Gasteiger charge is -2.04. The Bertz CT molecular complexity index is 378. The minimum Gasteiger partial charge on any atom is -0.480 e. The van der Waals surface area contributed by atoms with Crippen molar-refractivity contribution in [2.24, 2.45) is 11.5 Å². The van der Waals surface area contributed by atoms with Gasteiger partial charge in [-0.25, -0.2) is 0 Å². The minimum absolute atomic E-state index is 0.0532. The lowest BCUT2D eigenvalue weighted by atomic mass is 10.2. The van der Waals surface area contributed by atoms with E-state index in [1.54, 1.807) is 12.1 Å². The first kappa shape index (κ1) is 13.2. The molecule has 0 aromatic carbocycles. The normalized spacial score (nSPS) is 14.2. The van der Waals surface area contributed by atoms with Crippen LogP contribution in [0.3, 0.4) is 0 Å². The van der Waals surface area contributed by atoms with Gasteiger partial charge in [0.25, 0.3) is 0 Å². The van der Waals surface area contributed by atoms with E-state index in [-0.39, 0.29) is 12.8 Å². The molecule has 0 aliphatic carbocycles. The summed E-state index contributed by atoms with van der Waals surface area (Å²) in [7, 11) is 0. The number of hydrogen-bond acceptors (Lipinski definition) is 5. The summed E-state index contributed by atoms with van der Waals surface area (Å²) in [5.41, 5.74) is 10.7. The summed E-state index contributed by atoms with van der Waals surface area (Å²) in [5, 5.41) is 17.2. The van der Waals surface area contributed by atoms with Gasteiger partial charge in [0, 0.05) is 12.8 Å². The first-order valence-electron chi connectivity index (χ1n) is 4.94. The van der Waals surface area contributed by atoms with Crippen molar-refractivity contribution in [2.75, 3.05) is 0 Å². The molecule has 0 radical (unpaired) electrons. The van der Waals surface area contributed by atoms with Crippen LogP contribution in [0.25, 0.3) is 0 Å². The van der Waals surface area contributed by atoms with Gasteiger partial charge in [-0.3, -0.25) is 9.59 Å². The van der Waals surface area contributed by atoms with Crippen LogP contribution in [-0.4, -0.2) is 34.2 Å². The smallest absolute Gasteiger partial charge is 0.320 e. The molecular formula is C10H14N2O5. The SMILES string of the molecule is NC(Cc1ccc(CC(N)C(=O)O)o1)C(=O)O. The Morgan fingerprint density at radius 2 is 1.41 bits per heavy atom. The fraction of sp³-hybridized carbons (Fsp3) is 0.400. The van der Waals surface area contributed by atoms with Crippen LogP contribution < -0.4 is 11.5 Å². The van der Waals surface area contributed by atoms with Crippen molar-refractivity contribution < 1.29 is 24.2 Å². The second kappa shape index (κ2) is 5.46. The Morgan fingerprint density at radius 1 is 1.06 bits per heavy atom. The summed E-state index contributed by atoms with van der Waals surface area (Å²) >= 11 is 0. The Balaban J connectivity index is 2.59. The van der Waals surface area contributed by atoms with E-state index >= 15 is 0 Å². The number of nitrogens with two attached hydrogens (primary N) is 2. The molecule has 7 heteroatoms. The number of carboxylic acid groups (broad SMARTS) is 2. The zero-order chi connectivity index (χ0) is 13.0. The molecule has 0 aliphatic heterocycles. The van der Waals surface area contributed by atoms with Crippen LogP contribution in [0, 0.1) is 0 Å². The standard InChI is InChI=1S/C10H14N2O5/c11-7(9(13)14)3-5-1-2-6(17-5)4-8(12)10(15)16/h1-2,7-8H,3-4,11-12H2,(H,13,14)(H,15,16). The Hall–Kier alpha value is -1.86. The number of rotatable bonds is 6. The van der Waals surface area contributed by atoms with Gasteiger partial charge in [0.05, 0.1) is 0 Å². The van der Waals surface area contributed by atoms with Crippen LogP contribution in [0.15, 0.2) is 16.5 Å². The van der Waals surface area contributed by atoms with Crippen molar-refractivity contribution in [1.29, 1.82) is 0 Å². The van der Waals surface area contributed by atoms with Crippen molar-refractivity contribution in [2.45, 2.75) is 24.9 Å². The lowest BCUT2D eigenvalue weighted by molar-refractivity contribution is -0.139. The van der Waals surface area contributed by atoms with Crippen LogP contribution in [-0.2, 0) is 22.4 Å². The third-order valence-corrected chi connectivity index (χ3v) is 2.19. The number of carbonyl (C=O) groups is 2. The molecule has 0 saturated carbocycles. The monoisotopic (exact) mass is 242 g/mol. The number of aliphatic carboxylic acids is 2. The maximum absolute atomic E-state index is 10.5. The zero-order valence-electron chi connectivity index (χ0n) is 9.00. The third kappa shape index (κ3) is 3.89. The van der Waals surface area contributed by atoms with Gasteiger partial charge in [-0.2, -0.15) is 0 Å². The van der Waals surface area contributed by atoms with Gasteiger partial charge in [0.2, 0.25) is 0 Å². The van der Waals surface area contributed by atoms with Crippen LogP contribution in [0.2, 0.25) is 0 Å². The first-order chi connectivity index (χ1) is 7.90. The predicted octanol–water partition coefficient (Wildman–Crippen LogP) is -0.812. The Morgan fingerprint density at radius 3 is 1.71 bits per heavy atom. The van der Waals surface area contributed by atoms with Crippen LogP contribution in [0.1, 0.15) is 11.5 Å². The van der Waals surface area contributed by atoms with E-state index in [1.807, 2.05) is 0 Å². The quantitative estimate of drug-likeness (QED) is 0.511. The van der Waals surface area contributed by atoms with Gasteiger partial charge in [0.15, 0.2) is 0 Å². The highest BCUT2D eigenvalue weighted by Gasteiger charge is 2.17. The maximum Gasteiger partial charge on any atom is 0.320 e. The first-order valence-corrected chi connectivity index (χ1v) is 4.94. The lowest BCUT2D eigenvalue weighted by Crippen LogP contribution is -2.32. The fourth-order valence-electron chi connectivity index (χ4n) is 1.25. The predicted molar refractivity (Wildman–Crippen MR) is 57.3 cm³/mol. The third-order valence-electron chi connectivity index (χ3n) is 2.19. The molecule has 17 heavy (non-hydrogen) atoms. The molecule has 0 saturated heterocycles. The van der Waals surface area contributed by atoms with Gasteiger partial charge in [0.1, 0.15) is 23.6 Å². The van der Waals surface area contributed by atoms with E-state index < -0.39 is 24.0 Å². The highest BCUT2D eigenvalue weighted by atomic mass is 16.4. The highest BCUT2D eigenvalue weighted by molar-refractivity contribution is 5.73. The summed E-state index contributed by atoms with van der Waals surface area (Å²) in [6.07, 6.45) is 0.106. The van der Waals surface area contributed by atoms with Crippen LogP contribution in [0.4, 0.5) is 0 Å². The van der Waals surface area contributed by atoms with Crippen molar-refractivity contribution in [3.05, 3.63) is 23.7 Å². The average molecular weight is 242 g/mol. The molecule has 6 N–H and O–H groups in total. The number of furan rings is 1. The molecule has 2 atom stereocenters. The molecule has 1 aromatic rings. The number of carboxylic acids is 2. The van der Waals surface area contributed by atoms with Crippen molar-refractivity contribution in [3.63, 3.8) is 0 Å². The van der Waals surface area contributed by atoms with Crippen LogP contribution >= 0.6 is 0 Å². The molecular weight excluding hydrogens is 228 g/mol. The second-order valence-electron chi connectivity index (χ2n) is 3.67. The highest BCUT2D eigenvalue weighted by Crippen LogP contribution is 2.11. The molecule has 0 fully saturated rings. The Labute approximate surface area is 97.0 Å². The average Bonchev–Trinajstić information content (AvgIpc) is 2.65.